The molecule has 9 heteroatoms. The minimum absolute atomic E-state index is 0.653. The van der Waals surface area contributed by atoms with Crippen molar-refractivity contribution in [2.24, 2.45) is 0 Å². The molecule has 0 aromatic heterocycles. The summed E-state index contributed by atoms with van der Waals surface area (Å²) < 4.78 is 67.5. The van der Waals surface area contributed by atoms with E-state index in [-0.39, 0.29) is 0 Å². The zero-order chi connectivity index (χ0) is 10.7. The Labute approximate surface area is 74.2 Å². The lowest BCUT2D eigenvalue weighted by molar-refractivity contribution is 0.0601. The van der Waals surface area contributed by atoms with Crippen molar-refractivity contribution in [2.75, 3.05) is 0 Å². The molecule has 0 spiro atoms. The summed E-state index contributed by atoms with van der Waals surface area (Å²) in [5.41, 5.74) is 0. The molecule has 0 saturated carbocycles. The first kappa shape index (κ1) is 10.8. The van der Waals surface area contributed by atoms with E-state index in [2.05, 4.69) is 0 Å². The highest BCUT2D eigenvalue weighted by Crippen LogP contribution is 2.44. The van der Waals surface area contributed by atoms with Crippen LogP contribution in [0.4, 0.5) is 8.78 Å². The lowest BCUT2D eigenvalue weighted by Crippen LogP contribution is -2.45. The van der Waals surface area contributed by atoms with Crippen molar-refractivity contribution in [3.05, 3.63) is 0 Å². The molecule has 0 unspecified atom stereocenters. The normalized spacial score (nSPS) is 32.9. The van der Waals surface area contributed by atoms with Crippen LogP contribution >= 0.6 is 0 Å². The number of hydrogen-bond acceptors (Lipinski definition) is 4. The monoisotopic (exact) mass is 235 g/mol. The number of halogens is 2. The van der Waals surface area contributed by atoms with Crippen molar-refractivity contribution in [1.29, 1.82) is 0 Å². The summed E-state index contributed by atoms with van der Waals surface area (Å²) in [6, 6.07) is 0. The maximum Gasteiger partial charge on any atom is 0.380 e. The van der Waals surface area contributed by atoms with E-state index in [0.29, 0.717) is 13.8 Å². The van der Waals surface area contributed by atoms with Gasteiger partial charge in [-0.05, 0) is 13.8 Å². The van der Waals surface area contributed by atoms with E-state index in [1.165, 1.54) is 0 Å². The molecule has 0 aliphatic carbocycles. The van der Waals surface area contributed by atoms with E-state index in [1.54, 1.807) is 0 Å². The van der Waals surface area contributed by atoms with Gasteiger partial charge < -0.3 is 0 Å². The molecule has 1 heterocycles. The zero-order valence-electron chi connectivity index (χ0n) is 6.71. The van der Waals surface area contributed by atoms with Crippen LogP contribution in [0.5, 0.6) is 0 Å². The second-order valence-corrected chi connectivity index (χ2v) is 7.33. The van der Waals surface area contributed by atoms with Gasteiger partial charge in [0.15, 0.2) is 4.75 Å². The van der Waals surface area contributed by atoms with Crippen molar-refractivity contribution < 1.29 is 25.6 Å². The van der Waals surface area contributed by atoms with Crippen LogP contribution < -0.4 is 4.13 Å². The molecular formula is C4H7F2NO4S2. The molecule has 0 amide bonds. The predicted octanol–water partition coefficient (Wildman–Crippen LogP) is -0.379. The van der Waals surface area contributed by atoms with Crippen LogP contribution in [-0.4, -0.2) is 26.8 Å². The summed E-state index contributed by atoms with van der Waals surface area (Å²) in [4.78, 5) is 0. The van der Waals surface area contributed by atoms with Gasteiger partial charge in [-0.2, -0.15) is 8.78 Å². The van der Waals surface area contributed by atoms with Crippen LogP contribution in [0.1, 0.15) is 13.8 Å². The quantitative estimate of drug-likeness (QED) is 0.620. The Hall–Kier alpha value is -0.280. The van der Waals surface area contributed by atoms with E-state index in [0.717, 1.165) is 4.13 Å². The van der Waals surface area contributed by atoms with Gasteiger partial charge in [0.25, 0.3) is 10.0 Å². The fraction of sp³-hybridized carbons (Fsp3) is 1.00. The number of nitrogens with one attached hydrogen (secondary N) is 1. The van der Waals surface area contributed by atoms with Gasteiger partial charge in [0.1, 0.15) is 0 Å². The van der Waals surface area contributed by atoms with Gasteiger partial charge in [-0.3, -0.25) is 0 Å². The van der Waals surface area contributed by atoms with Crippen molar-refractivity contribution in [2.45, 2.75) is 23.8 Å². The van der Waals surface area contributed by atoms with Gasteiger partial charge in [0, 0.05) is 0 Å². The minimum Gasteiger partial charge on any atom is -0.211 e. The Balaban J connectivity index is 3.61. The lowest BCUT2D eigenvalue weighted by atomic mass is 10.2. The third kappa shape index (κ3) is 1.03. The Kier molecular flexibility index (Phi) is 1.83. The fourth-order valence-corrected chi connectivity index (χ4v) is 4.81. The average Bonchev–Trinajstić information content (AvgIpc) is 1.88. The molecule has 0 aromatic rings. The molecule has 0 bridgehead atoms. The zero-order valence-corrected chi connectivity index (χ0v) is 8.34. The largest absolute Gasteiger partial charge is 0.380 e. The summed E-state index contributed by atoms with van der Waals surface area (Å²) in [5, 5.41) is -4.31. The Morgan fingerprint density at radius 1 is 1.00 bits per heavy atom. The average molecular weight is 235 g/mol. The Bertz CT molecular complexity index is 393. The summed E-state index contributed by atoms with van der Waals surface area (Å²) in [6.07, 6.45) is 0. The highest BCUT2D eigenvalue weighted by molar-refractivity contribution is 8.09. The summed E-state index contributed by atoms with van der Waals surface area (Å²) in [6.45, 7) is 1.31. The molecule has 1 saturated heterocycles. The van der Waals surface area contributed by atoms with E-state index in [9.17, 15) is 25.6 Å². The molecule has 78 valence electrons. The summed E-state index contributed by atoms with van der Waals surface area (Å²) in [5.74, 6) is 0. The van der Waals surface area contributed by atoms with Crippen molar-refractivity contribution in [3.8, 4) is 0 Å². The fourth-order valence-electron chi connectivity index (χ4n) is 0.781. The van der Waals surface area contributed by atoms with E-state index in [4.69, 9.17) is 0 Å². The Morgan fingerprint density at radius 2 is 1.38 bits per heavy atom. The van der Waals surface area contributed by atoms with Crippen LogP contribution in [0.15, 0.2) is 0 Å². The molecule has 1 rings (SSSR count). The molecule has 13 heavy (non-hydrogen) atoms. The van der Waals surface area contributed by atoms with Crippen LogP contribution in [0, 0.1) is 0 Å². The number of sulfonamides is 2. The van der Waals surface area contributed by atoms with Gasteiger partial charge in [-0.1, -0.05) is 0 Å². The molecule has 0 atom stereocenters. The molecule has 1 fully saturated rings. The van der Waals surface area contributed by atoms with Crippen LogP contribution in [0.3, 0.4) is 0 Å². The molecular weight excluding hydrogens is 228 g/mol. The molecule has 0 radical (unpaired) electrons. The van der Waals surface area contributed by atoms with Gasteiger partial charge in [-0.15, -0.1) is 4.13 Å². The smallest absolute Gasteiger partial charge is 0.211 e. The highest BCUT2D eigenvalue weighted by Gasteiger charge is 2.71. The van der Waals surface area contributed by atoms with Crippen molar-refractivity contribution in [1.82, 2.24) is 4.13 Å². The SMILES string of the molecule is CC1(C)C(F)(F)S(=O)(=O)NS1(=O)=O. The first-order valence-electron chi connectivity index (χ1n) is 3.11. The number of hydrogen-bond donors (Lipinski definition) is 1. The molecule has 1 aliphatic rings. The van der Waals surface area contributed by atoms with Crippen LogP contribution in [0.25, 0.3) is 0 Å². The topological polar surface area (TPSA) is 80.3 Å². The summed E-state index contributed by atoms with van der Waals surface area (Å²) in [7, 11) is -9.64. The van der Waals surface area contributed by atoms with Gasteiger partial charge in [0.05, 0.1) is 0 Å². The maximum atomic E-state index is 13.0. The number of rotatable bonds is 0. The molecule has 5 nitrogen and oxygen atoms in total. The summed E-state index contributed by atoms with van der Waals surface area (Å²) >= 11 is 0. The van der Waals surface area contributed by atoms with Crippen molar-refractivity contribution in [3.63, 3.8) is 0 Å². The van der Waals surface area contributed by atoms with Crippen LogP contribution in [0.2, 0.25) is 0 Å². The number of alkyl halides is 2. The maximum absolute atomic E-state index is 13.0. The van der Waals surface area contributed by atoms with Gasteiger partial charge in [0.2, 0.25) is 10.0 Å². The Morgan fingerprint density at radius 3 is 1.46 bits per heavy atom. The second-order valence-electron chi connectivity index (χ2n) is 3.12. The highest BCUT2D eigenvalue weighted by atomic mass is 32.3. The second kappa shape index (κ2) is 2.20. The first-order chi connectivity index (χ1) is 5.46. The molecule has 1 aliphatic heterocycles. The predicted molar refractivity (Wildman–Crippen MR) is 40.0 cm³/mol. The van der Waals surface area contributed by atoms with E-state index >= 15 is 0 Å². The van der Waals surface area contributed by atoms with Gasteiger partial charge >= 0.3 is 5.25 Å². The standard InChI is InChI=1S/C4H7F2NO4S2/c1-3(2)4(5,6)13(10,11)7-12(3,8)9/h7H,1-2H3. The van der Waals surface area contributed by atoms with E-state index < -0.39 is 30.0 Å². The minimum atomic E-state index is -5.11. The molecule has 0 aromatic carbocycles. The van der Waals surface area contributed by atoms with Gasteiger partial charge in [-0.25, -0.2) is 16.8 Å². The van der Waals surface area contributed by atoms with Crippen LogP contribution in [-0.2, 0) is 20.0 Å². The first-order valence-corrected chi connectivity index (χ1v) is 6.08. The molecule has 1 N–H and O–H groups in total. The third-order valence-electron chi connectivity index (χ3n) is 1.93. The lowest BCUT2D eigenvalue weighted by Gasteiger charge is -2.20. The third-order valence-corrected chi connectivity index (χ3v) is 6.60. The van der Waals surface area contributed by atoms with E-state index in [1.807, 2.05) is 0 Å². The van der Waals surface area contributed by atoms with Crippen molar-refractivity contribution >= 4 is 20.0 Å².